The van der Waals surface area contributed by atoms with Crippen LogP contribution in [0.2, 0.25) is 5.02 Å². The van der Waals surface area contributed by atoms with E-state index < -0.39 is 5.60 Å². The second kappa shape index (κ2) is 6.72. The number of aromatic nitrogens is 2. The van der Waals surface area contributed by atoms with Crippen LogP contribution in [-0.2, 0) is 0 Å². The molecule has 4 N–H and O–H groups in total. The maximum Gasteiger partial charge on any atom is 0.224 e. The van der Waals surface area contributed by atoms with E-state index >= 15 is 0 Å². The largest absolute Gasteiger partial charge is 0.393 e. The summed E-state index contributed by atoms with van der Waals surface area (Å²) in [6.45, 7) is 4.14. The molecule has 1 atom stereocenters. The molecule has 102 valence electrons. The van der Waals surface area contributed by atoms with Crippen LogP contribution in [0.5, 0.6) is 0 Å². The van der Waals surface area contributed by atoms with Crippen molar-refractivity contribution in [2.75, 3.05) is 30.3 Å². The van der Waals surface area contributed by atoms with Gasteiger partial charge in [-0.05, 0) is 13.3 Å². The molecule has 1 rings (SSSR count). The van der Waals surface area contributed by atoms with E-state index in [1.807, 2.05) is 6.92 Å². The molecular formula is C11H19ClN4O2. The highest BCUT2D eigenvalue weighted by Crippen LogP contribution is 2.20. The van der Waals surface area contributed by atoms with Crippen LogP contribution >= 0.6 is 11.6 Å². The molecule has 18 heavy (non-hydrogen) atoms. The Bertz CT molecular complexity index is 387. The summed E-state index contributed by atoms with van der Waals surface area (Å²) in [6, 6.07) is 0. The van der Waals surface area contributed by atoms with Crippen molar-refractivity contribution in [3.8, 4) is 0 Å². The van der Waals surface area contributed by atoms with Crippen molar-refractivity contribution in [1.82, 2.24) is 9.97 Å². The number of nitrogens with zero attached hydrogens (tertiary/aromatic N) is 2. The van der Waals surface area contributed by atoms with Crippen molar-refractivity contribution < 1.29 is 10.2 Å². The standard InChI is InChI=1S/C11H19ClN4O2/c1-3-4-13-10-14-5-8(12)9(16-10)15-6-11(2,18)7-17/h5,17-18H,3-4,6-7H2,1-2H3,(H2,13,14,15,16). The number of aliphatic hydroxyl groups is 2. The second-order valence-corrected chi connectivity index (χ2v) is 4.73. The molecule has 6 nitrogen and oxygen atoms in total. The highest BCUT2D eigenvalue weighted by Gasteiger charge is 2.19. The van der Waals surface area contributed by atoms with Gasteiger partial charge < -0.3 is 20.8 Å². The first kappa shape index (κ1) is 14.9. The van der Waals surface area contributed by atoms with Crippen molar-refractivity contribution in [1.29, 1.82) is 0 Å². The smallest absolute Gasteiger partial charge is 0.224 e. The number of aliphatic hydroxyl groups excluding tert-OH is 1. The molecule has 0 aromatic carbocycles. The minimum atomic E-state index is -1.22. The van der Waals surface area contributed by atoms with Gasteiger partial charge in [0.15, 0.2) is 5.82 Å². The Morgan fingerprint density at radius 3 is 2.78 bits per heavy atom. The van der Waals surface area contributed by atoms with Gasteiger partial charge in [-0.15, -0.1) is 0 Å². The van der Waals surface area contributed by atoms with Crippen LogP contribution in [-0.4, -0.2) is 45.5 Å². The molecule has 0 bridgehead atoms. The van der Waals surface area contributed by atoms with Gasteiger partial charge in [0.25, 0.3) is 0 Å². The average Bonchev–Trinajstić information content (AvgIpc) is 2.36. The van der Waals surface area contributed by atoms with E-state index in [0.717, 1.165) is 13.0 Å². The Balaban J connectivity index is 2.69. The van der Waals surface area contributed by atoms with Crippen LogP contribution in [0.15, 0.2) is 6.20 Å². The number of rotatable bonds is 7. The molecule has 1 aromatic heterocycles. The zero-order valence-corrected chi connectivity index (χ0v) is 11.3. The van der Waals surface area contributed by atoms with Gasteiger partial charge in [0.2, 0.25) is 5.95 Å². The zero-order chi connectivity index (χ0) is 13.6. The normalized spacial score (nSPS) is 14.1. The summed E-state index contributed by atoms with van der Waals surface area (Å²) >= 11 is 5.94. The fourth-order valence-corrected chi connectivity index (χ4v) is 1.30. The van der Waals surface area contributed by atoms with Crippen molar-refractivity contribution in [3.63, 3.8) is 0 Å². The van der Waals surface area contributed by atoms with E-state index in [2.05, 4.69) is 20.6 Å². The predicted molar refractivity (Wildman–Crippen MR) is 72.0 cm³/mol. The van der Waals surface area contributed by atoms with Crippen LogP contribution in [0.3, 0.4) is 0 Å². The first-order valence-electron chi connectivity index (χ1n) is 5.82. The second-order valence-electron chi connectivity index (χ2n) is 4.33. The lowest BCUT2D eigenvalue weighted by molar-refractivity contribution is 0.0132. The summed E-state index contributed by atoms with van der Waals surface area (Å²) in [6.07, 6.45) is 2.45. The van der Waals surface area contributed by atoms with Crippen molar-refractivity contribution in [2.45, 2.75) is 25.9 Å². The molecule has 7 heteroatoms. The third-order valence-electron chi connectivity index (χ3n) is 2.25. The van der Waals surface area contributed by atoms with E-state index in [4.69, 9.17) is 16.7 Å². The first-order chi connectivity index (χ1) is 8.48. The first-order valence-corrected chi connectivity index (χ1v) is 6.20. The Labute approximate surface area is 111 Å². The minimum Gasteiger partial charge on any atom is -0.393 e. The topological polar surface area (TPSA) is 90.3 Å². The van der Waals surface area contributed by atoms with Crippen LogP contribution in [0, 0.1) is 0 Å². The van der Waals surface area contributed by atoms with Crippen LogP contribution in [0.1, 0.15) is 20.3 Å². The molecule has 1 heterocycles. The maximum atomic E-state index is 9.67. The highest BCUT2D eigenvalue weighted by molar-refractivity contribution is 6.32. The third kappa shape index (κ3) is 4.64. The SMILES string of the molecule is CCCNc1ncc(Cl)c(NCC(C)(O)CO)n1. The molecule has 0 radical (unpaired) electrons. The lowest BCUT2D eigenvalue weighted by atomic mass is 10.1. The molecule has 0 fully saturated rings. The van der Waals surface area contributed by atoms with Gasteiger partial charge in [-0.2, -0.15) is 4.98 Å². The summed E-state index contributed by atoms with van der Waals surface area (Å²) in [7, 11) is 0. The molecule has 0 aliphatic heterocycles. The fourth-order valence-electron chi connectivity index (χ4n) is 1.14. The van der Waals surface area contributed by atoms with E-state index in [9.17, 15) is 5.11 Å². The van der Waals surface area contributed by atoms with Gasteiger partial charge in [-0.25, -0.2) is 4.98 Å². The molecule has 0 saturated carbocycles. The van der Waals surface area contributed by atoms with Crippen LogP contribution < -0.4 is 10.6 Å². The highest BCUT2D eigenvalue weighted by atomic mass is 35.5. The summed E-state index contributed by atoms with van der Waals surface area (Å²) in [4.78, 5) is 8.22. The van der Waals surface area contributed by atoms with E-state index in [0.29, 0.717) is 16.8 Å². The lowest BCUT2D eigenvalue weighted by Gasteiger charge is -2.21. The maximum absolute atomic E-state index is 9.67. The quantitative estimate of drug-likeness (QED) is 0.595. The Morgan fingerprint density at radius 1 is 1.44 bits per heavy atom. The number of hydrogen-bond acceptors (Lipinski definition) is 6. The van der Waals surface area contributed by atoms with Crippen LogP contribution in [0.4, 0.5) is 11.8 Å². The van der Waals surface area contributed by atoms with Crippen LogP contribution in [0.25, 0.3) is 0 Å². The molecule has 1 unspecified atom stereocenters. The summed E-state index contributed by atoms with van der Waals surface area (Å²) < 4.78 is 0. The average molecular weight is 275 g/mol. The summed E-state index contributed by atoms with van der Waals surface area (Å²) in [5.74, 6) is 0.909. The van der Waals surface area contributed by atoms with Gasteiger partial charge in [-0.3, -0.25) is 0 Å². The molecule has 0 aliphatic rings. The Morgan fingerprint density at radius 2 is 2.17 bits per heavy atom. The molecule has 0 aliphatic carbocycles. The minimum absolute atomic E-state index is 0.146. The molecule has 1 aromatic rings. The lowest BCUT2D eigenvalue weighted by Crippen LogP contribution is -2.37. The van der Waals surface area contributed by atoms with E-state index in [-0.39, 0.29) is 13.2 Å². The van der Waals surface area contributed by atoms with Crippen molar-refractivity contribution in [2.24, 2.45) is 0 Å². The monoisotopic (exact) mass is 274 g/mol. The fraction of sp³-hybridized carbons (Fsp3) is 0.636. The van der Waals surface area contributed by atoms with Crippen molar-refractivity contribution in [3.05, 3.63) is 11.2 Å². The van der Waals surface area contributed by atoms with Gasteiger partial charge in [0, 0.05) is 13.1 Å². The van der Waals surface area contributed by atoms with E-state index in [1.165, 1.54) is 13.1 Å². The van der Waals surface area contributed by atoms with Gasteiger partial charge in [-0.1, -0.05) is 18.5 Å². The zero-order valence-electron chi connectivity index (χ0n) is 10.6. The summed E-state index contributed by atoms with van der Waals surface area (Å²) in [5, 5.41) is 24.9. The van der Waals surface area contributed by atoms with Gasteiger partial charge in [0.1, 0.15) is 10.6 Å². The number of hydrogen-bond donors (Lipinski definition) is 4. The van der Waals surface area contributed by atoms with Gasteiger partial charge >= 0.3 is 0 Å². The number of anilines is 2. The predicted octanol–water partition coefficient (Wildman–Crippen LogP) is 1.11. The van der Waals surface area contributed by atoms with Gasteiger partial charge in [0.05, 0.1) is 12.8 Å². The Hall–Kier alpha value is -1.11. The molecule has 0 spiro atoms. The molecule has 0 amide bonds. The van der Waals surface area contributed by atoms with Crippen molar-refractivity contribution >= 4 is 23.4 Å². The Kier molecular flexibility index (Phi) is 5.58. The summed E-state index contributed by atoms with van der Waals surface area (Å²) in [5.41, 5.74) is -1.22. The molecular weight excluding hydrogens is 256 g/mol. The number of nitrogens with one attached hydrogen (secondary N) is 2. The number of halogens is 1. The van der Waals surface area contributed by atoms with E-state index in [1.54, 1.807) is 0 Å². The molecule has 0 saturated heterocycles. The third-order valence-corrected chi connectivity index (χ3v) is 2.53.